The summed E-state index contributed by atoms with van der Waals surface area (Å²) >= 11 is 0. The van der Waals surface area contributed by atoms with Crippen molar-refractivity contribution < 1.29 is 0 Å². The summed E-state index contributed by atoms with van der Waals surface area (Å²) in [5, 5.41) is 9.95. The van der Waals surface area contributed by atoms with Crippen molar-refractivity contribution in [3.8, 4) is 0 Å². The van der Waals surface area contributed by atoms with Crippen molar-refractivity contribution >= 4 is 0 Å². The van der Waals surface area contributed by atoms with Crippen molar-refractivity contribution in [2.45, 2.75) is 19.3 Å². The molecule has 0 rings (SSSR count). The minimum absolute atomic E-state index is 0.718. The number of unbranched alkanes of at least 4 members (excludes halogenated alkanes) is 2. The fraction of sp³-hybridized carbons (Fsp3) is 1.00. The minimum atomic E-state index is 0.718. The Labute approximate surface area is 99.7 Å². The fourth-order valence-electron chi connectivity index (χ4n) is 1.43. The molecule has 0 spiro atoms. The lowest BCUT2D eigenvalue weighted by molar-refractivity contribution is 0.561. The normalized spacial score (nSPS) is 10.9. The molecule has 0 aromatic carbocycles. The summed E-state index contributed by atoms with van der Waals surface area (Å²) < 4.78 is 0. The monoisotopic (exact) mass is 231 g/mol. The zero-order valence-corrected chi connectivity index (χ0v) is 10.4. The number of nitrogens with two attached hydrogens (primary N) is 2. The predicted molar refractivity (Wildman–Crippen MR) is 70.6 cm³/mol. The Kier molecular flexibility index (Phi) is 14.6. The van der Waals surface area contributed by atoms with Crippen LogP contribution in [0.25, 0.3) is 0 Å². The van der Waals surface area contributed by atoms with Crippen LogP contribution in [-0.4, -0.2) is 52.4 Å². The summed E-state index contributed by atoms with van der Waals surface area (Å²) in [6, 6.07) is 0. The summed E-state index contributed by atoms with van der Waals surface area (Å²) in [5.41, 5.74) is 10.7. The molecule has 0 aromatic heterocycles. The van der Waals surface area contributed by atoms with Crippen molar-refractivity contribution in [3.63, 3.8) is 0 Å². The van der Waals surface area contributed by atoms with Crippen LogP contribution in [0.3, 0.4) is 0 Å². The highest BCUT2D eigenvalue weighted by Crippen LogP contribution is 1.91. The molecule has 0 saturated carbocycles. The molecular formula is C11H29N5. The fourth-order valence-corrected chi connectivity index (χ4v) is 1.43. The van der Waals surface area contributed by atoms with Crippen molar-refractivity contribution in [1.29, 1.82) is 0 Å². The Morgan fingerprint density at radius 3 is 1.44 bits per heavy atom. The van der Waals surface area contributed by atoms with Crippen LogP contribution in [0.4, 0.5) is 0 Å². The first-order chi connectivity index (χ1) is 7.91. The van der Waals surface area contributed by atoms with Gasteiger partial charge in [-0.2, -0.15) is 0 Å². The van der Waals surface area contributed by atoms with Gasteiger partial charge in [-0.25, -0.2) is 0 Å². The lowest BCUT2D eigenvalue weighted by atomic mass is 10.2. The summed E-state index contributed by atoms with van der Waals surface area (Å²) in [6.45, 7) is 7.55. The molecule has 5 heteroatoms. The molecule has 5 nitrogen and oxygen atoms in total. The van der Waals surface area contributed by atoms with E-state index in [2.05, 4.69) is 16.0 Å². The first-order valence-corrected chi connectivity index (χ1v) is 6.44. The topological polar surface area (TPSA) is 88.1 Å². The van der Waals surface area contributed by atoms with Crippen LogP contribution in [0.5, 0.6) is 0 Å². The Bertz CT molecular complexity index is 107. The Balaban J connectivity index is 2.83. The van der Waals surface area contributed by atoms with Gasteiger partial charge >= 0.3 is 0 Å². The van der Waals surface area contributed by atoms with E-state index in [0.717, 1.165) is 52.4 Å². The molecule has 0 atom stereocenters. The highest BCUT2D eigenvalue weighted by Gasteiger charge is 1.90. The third-order valence-corrected chi connectivity index (χ3v) is 2.33. The van der Waals surface area contributed by atoms with Gasteiger partial charge in [-0.15, -0.1) is 0 Å². The summed E-state index contributed by atoms with van der Waals surface area (Å²) in [4.78, 5) is 0. The van der Waals surface area contributed by atoms with Crippen LogP contribution in [0.15, 0.2) is 0 Å². The number of hydrogen-bond acceptors (Lipinski definition) is 5. The molecule has 0 aromatic rings. The number of nitrogens with one attached hydrogen (secondary N) is 3. The molecule has 0 fully saturated rings. The molecule has 0 aliphatic rings. The van der Waals surface area contributed by atoms with Gasteiger partial charge in [0.15, 0.2) is 0 Å². The van der Waals surface area contributed by atoms with Crippen LogP contribution in [0.1, 0.15) is 19.3 Å². The highest BCUT2D eigenvalue weighted by molar-refractivity contribution is 4.54. The van der Waals surface area contributed by atoms with E-state index in [-0.39, 0.29) is 0 Å². The standard InChI is InChI=1S/C11H29N5/c12-4-8-14-6-2-1-3-7-15-10-11-16-9-5-13/h14-16H,1-13H2. The highest BCUT2D eigenvalue weighted by atomic mass is 14.9. The number of rotatable bonds is 13. The van der Waals surface area contributed by atoms with Crippen molar-refractivity contribution in [2.24, 2.45) is 11.5 Å². The van der Waals surface area contributed by atoms with Crippen LogP contribution in [0, 0.1) is 0 Å². The summed E-state index contributed by atoms with van der Waals surface area (Å²) in [5.74, 6) is 0. The molecule has 98 valence electrons. The van der Waals surface area contributed by atoms with E-state index in [0.29, 0.717) is 0 Å². The van der Waals surface area contributed by atoms with E-state index < -0.39 is 0 Å². The maximum Gasteiger partial charge on any atom is 0.00772 e. The van der Waals surface area contributed by atoms with Gasteiger partial charge in [-0.3, -0.25) is 0 Å². The molecule has 0 heterocycles. The second kappa shape index (κ2) is 14.8. The molecule has 0 unspecified atom stereocenters. The maximum atomic E-state index is 5.37. The second-order valence-corrected chi connectivity index (χ2v) is 3.89. The van der Waals surface area contributed by atoms with Gasteiger partial charge < -0.3 is 27.4 Å². The summed E-state index contributed by atoms with van der Waals surface area (Å²) in [6.07, 6.45) is 3.77. The van der Waals surface area contributed by atoms with Crippen molar-refractivity contribution in [2.75, 3.05) is 52.4 Å². The molecule has 0 amide bonds. The van der Waals surface area contributed by atoms with E-state index in [1.807, 2.05) is 0 Å². The predicted octanol–water partition coefficient (Wildman–Crippen LogP) is -1.16. The van der Waals surface area contributed by atoms with Crippen molar-refractivity contribution in [1.82, 2.24) is 16.0 Å². The molecule has 0 aliphatic heterocycles. The van der Waals surface area contributed by atoms with Gasteiger partial charge in [0.1, 0.15) is 0 Å². The van der Waals surface area contributed by atoms with Crippen LogP contribution in [0.2, 0.25) is 0 Å². The van der Waals surface area contributed by atoms with Gasteiger partial charge in [0.05, 0.1) is 0 Å². The molecule has 7 N–H and O–H groups in total. The Morgan fingerprint density at radius 2 is 0.938 bits per heavy atom. The largest absolute Gasteiger partial charge is 0.329 e. The molecule has 0 saturated heterocycles. The first-order valence-electron chi connectivity index (χ1n) is 6.44. The molecule has 0 aliphatic carbocycles. The van der Waals surface area contributed by atoms with Gasteiger partial charge in [-0.1, -0.05) is 6.42 Å². The smallest absolute Gasteiger partial charge is 0.00772 e. The van der Waals surface area contributed by atoms with Crippen LogP contribution in [-0.2, 0) is 0 Å². The quantitative estimate of drug-likeness (QED) is 0.258. The van der Waals surface area contributed by atoms with Gasteiger partial charge in [0.2, 0.25) is 0 Å². The third-order valence-electron chi connectivity index (χ3n) is 2.33. The average molecular weight is 231 g/mol. The van der Waals surface area contributed by atoms with Gasteiger partial charge in [-0.05, 0) is 25.9 Å². The van der Waals surface area contributed by atoms with Crippen LogP contribution < -0.4 is 27.4 Å². The third kappa shape index (κ3) is 13.8. The minimum Gasteiger partial charge on any atom is -0.329 e. The van der Waals surface area contributed by atoms with E-state index in [9.17, 15) is 0 Å². The van der Waals surface area contributed by atoms with E-state index >= 15 is 0 Å². The summed E-state index contributed by atoms with van der Waals surface area (Å²) in [7, 11) is 0. The van der Waals surface area contributed by atoms with Gasteiger partial charge in [0.25, 0.3) is 0 Å². The van der Waals surface area contributed by atoms with E-state index in [1.165, 1.54) is 19.3 Å². The van der Waals surface area contributed by atoms with E-state index in [1.54, 1.807) is 0 Å². The van der Waals surface area contributed by atoms with Crippen molar-refractivity contribution in [3.05, 3.63) is 0 Å². The molecule has 16 heavy (non-hydrogen) atoms. The molecule has 0 bridgehead atoms. The Morgan fingerprint density at radius 1 is 0.500 bits per heavy atom. The van der Waals surface area contributed by atoms with Crippen LogP contribution >= 0.6 is 0 Å². The zero-order chi connectivity index (χ0) is 11.9. The molecular weight excluding hydrogens is 202 g/mol. The van der Waals surface area contributed by atoms with E-state index in [4.69, 9.17) is 11.5 Å². The Hall–Kier alpha value is -0.200. The maximum absolute atomic E-state index is 5.37. The SMILES string of the molecule is NCCNCCCCCNCCNCCN. The van der Waals surface area contributed by atoms with Gasteiger partial charge in [0, 0.05) is 39.3 Å². The lowest BCUT2D eigenvalue weighted by Crippen LogP contribution is -2.31. The zero-order valence-electron chi connectivity index (χ0n) is 10.4. The lowest BCUT2D eigenvalue weighted by Gasteiger charge is -2.06. The number of hydrogen-bond donors (Lipinski definition) is 5. The first kappa shape index (κ1) is 15.8. The average Bonchev–Trinajstić information content (AvgIpc) is 2.31. The molecule has 0 radical (unpaired) electrons. The second-order valence-electron chi connectivity index (χ2n) is 3.89.